The molecule has 0 radical (unpaired) electrons. The molecule has 0 spiro atoms. The molecule has 1 aliphatic carbocycles. The van der Waals surface area contributed by atoms with Crippen LogP contribution in [0.3, 0.4) is 0 Å². The number of benzene rings is 2. The molecule has 1 aliphatic heterocycles. The van der Waals surface area contributed by atoms with Crippen LogP contribution in [0.4, 0.5) is 0 Å². The highest BCUT2D eigenvalue weighted by molar-refractivity contribution is 8.00. The first-order chi connectivity index (χ1) is 14.0. The van der Waals surface area contributed by atoms with Crippen LogP contribution in [0.5, 0.6) is 0 Å². The molecule has 152 valence electrons. The molecule has 0 unspecified atom stereocenters. The molecule has 2 atom stereocenters. The van der Waals surface area contributed by atoms with Gasteiger partial charge in [0.25, 0.3) is 0 Å². The molecule has 2 aromatic rings. The van der Waals surface area contributed by atoms with E-state index in [2.05, 4.69) is 44.2 Å². The molecule has 5 heteroatoms. The van der Waals surface area contributed by atoms with E-state index in [4.69, 9.17) is 0 Å². The van der Waals surface area contributed by atoms with Crippen molar-refractivity contribution in [1.82, 2.24) is 9.80 Å². The topological polar surface area (TPSA) is 40.6 Å². The molecule has 29 heavy (non-hydrogen) atoms. The van der Waals surface area contributed by atoms with E-state index in [1.165, 1.54) is 21.6 Å². The van der Waals surface area contributed by atoms with Crippen LogP contribution in [0.15, 0.2) is 53.4 Å². The summed E-state index contributed by atoms with van der Waals surface area (Å²) < 4.78 is 0. The Bertz CT molecular complexity index is 891. The number of rotatable bonds is 5. The second-order valence-electron chi connectivity index (χ2n) is 8.12. The van der Waals surface area contributed by atoms with Gasteiger partial charge in [-0.2, -0.15) is 0 Å². The van der Waals surface area contributed by atoms with E-state index >= 15 is 0 Å². The fraction of sp³-hybridized carbons (Fsp3) is 0.417. The van der Waals surface area contributed by atoms with Crippen molar-refractivity contribution in [2.75, 3.05) is 31.9 Å². The number of hydrogen-bond donors (Lipinski definition) is 0. The normalized spacial score (nSPS) is 21.2. The van der Waals surface area contributed by atoms with Crippen LogP contribution in [-0.2, 0) is 9.59 Å². The van der Waals surface area contributed by atoms with Crippen molar-refractivity contribution in [3.63, 3.8) is 0 Å². The number of piperazine rings is 1. The van der Waals surface area contributed by atoms with E-state index in [1.54, 1.807) is 11.8 Å². The first-order valence-electron chi connectivity index (χ1n) is 10.3. The van der Waals surface area contributed by atoms with Crippen molar-refractivity contribution in [1.29, 1.82) is 0 Å². The molecule has 4 rings (SSSR count). The third-order valence-electron chi connectivity index (χ3n) is 5.97. The van der Waals surface area contributed by atoms with Gasteiger partial charge in [0.2, 0.25) is 11.8 Å². The van der Waals surface area contributed by atoms with Crippen molar-refractivity contribution < 1.29 is 9.59 Å². The summed E-state index contributed by atoms with van der Waals surface area (Å²) in [6.07, 6.45) is 0.953. The molecule has 0 bridgehead atoms. The summed E-state index contributed by atoms with van der Waals surface area (Å²) in [5.41, 5.74) is 3.69. The minimum Gasteiger partial charge on any atom is -0.339 e. The number of carbonyl (C=O) groups is 2. The summed E-state index contributed by atoms with van der Waals surface area (Å²) in [5, 5.41) is 0. The summed E-state index contributed by atoms with van der Waals surface area (Å²) in [6, 6.07) is 16.7. The van der Waals surface area contributed by atoms with Crippen LogP contribution in [0.25, 0.3) is 0 Å². The van der Waals surface area contributed by atoms with E-state index in [1.807, 2.05) is 28.0 Å². The summed E-state index contributed by atoms with van der Waals surface area (Å²) in [6.45, 7) is 6.73. The Balaban J connectivity index is 1.24. The molecular weight excluding hydrogens is 380 g/mol. The second kappa shape index (κ2) is 8.62. The third kappa shape index (κ3) is 4.67. The van der Waals surface area contributed by atoms with Crippen molar-refractivity contribution in [2.45, 2.75) is 31.1 Å². The summed E-state index contributed by atoms with van der Waals surface area (Å²) in [4.78, 5) is 30.5. The quantitative estimate of drug-likeness (QED) is 0.705. The largest absolute Gasteiger partial charge is 0.339 e. The van der Waals surface area contributed by atoms with Gasteiger partial charge in [0.1, 0.15) is 0 Å². The highest BCUT2D eigenvalue weighted by Gasteiger charge is 2.46. The second-order valence-corrected chi connectivity index (χ2v) is 9.14. The number of amides is 2. The molecule has 1 saturated heterocycles. The third-order valence-corrected chi connectivity index (χ3v) is 7.12. The summed E-state index contributed by atoms with van der Waals surface area (Å²) in [5.74, 6) is 1.38. The highest BCUT2D eigenvalue weighted by Crippen LogP contribution is 2.48. The lowest BCUT2D eigenvalue weighted by Gasteiger charge is -2.35. The fourth-order valence-corrected chi connectivity index (χ4v) is 5.07. The maximum absolute atomic E-state index is 12.8. The highest BCUT2D eigenvalue weighted by atomic mass is 32.2. The molecule has 2 aliphatic rings. The van der Waals surface area contributed by atoms with E-state index in [0.29, 0.717) is 37.8 Å². The van der Waals surface area contributed by atoms with Gasteiger partial charge in [-0.15, -0.1) is 11.8 Å². The zero-order valence-corrected chi connectivity index (χ0v) is 18.0. The number of aryl methyl sites for hydroxylation is 2. The first-order valence-corrected chi connectivity index (χ1v) is 11.3. The maximum atomic E-state index is 12.8. The van der Waals surface area contributed by atoms with Crippen LogP contribution < -0.4 is 0 Å². The lowest BCUT2D eigenvalue weighted by molar-refractivity contribution is -0.139. The Labute approximate surface area is 177 Å². The molecule has 4 nitrogen and oxygen atoms in total. The Kier molecular flexibility index (Phi) is 5.95. The zero-order chi connectivity index (χ0) is 20.4. The average Bonchev–Trinajstić information content (AvgIpc) is 3.55. The molecule has 2 aromatic carbocycles. The van der Waals surface area contributed by atoms with Gasteiger partial charge in [0.05, 0.1) is 5.75 Å². The smallest absolute Gasteiger partial charge is 0.233 e. The van der Waals surface area contributed by atoms with Crippen LogP contribution in [0.1, 0.15) is 29.0 Å². The Morgan fingerprint density at radius 2 is 1.66 bits per heavy atom. The van der Waals surface area contributed by atoms with Gasteiger partial charge < -0.3 is 9.80 Å². The minimum atomic E-state index is 0.125. The van der Waals surface area contributed by atoms with Crippen LogP contribution in [0, 0.1) is 19.8 Å². The van der Waals surface area contributed by atoms with Gasteiger partial charge in [-0.25, -0.2) is 0 Å². The van der Waals surface area contributed by atoms with Crippen molar-refractivity contribution in [3.05, 3.63) is 65.2 Å². The van der Waals surface area contributed by atoms with Gasteiger partial charge in [-0.05, 0) is 43.4 Å². The van der Waals surface area contributed by atoms with Crippen molar-refractivity contribution in [3.8, 4) is 0 Å². The minimum absolute atomic E-state index is 0.125. The van der Waals surface area contributed by atoms with Gasteiger partial charge in [-0.3, -0.25) is 9.59 Å². The van der Waals surface area contributed by atoms with Gasteiger partial charge in [0, 0.05) is 37.0 Å². The van der Waals surface area contributed by atoms with E-state index in [9.17, 15) is 9.59 Å². The zero-order valence-electron chi connectivity index (χ0n) is 17.1. The molecule has 1 heterocycles. The molecule has 2 fully saturated rings. The SMILES string of the molecule is Cc1ccc(C)c(SCC(=O)N2CCN(C(=O)[C@@H]3C[C@H]3c3ccccc3)CC2)c1. The van der Waals surface area contributed by atoms with Gasteiger partial charge in [0.15, 0.2) is 0 Å². The molecule has 1 saturated carbocycles. The van der Waals surface area contributed by atoms with Gasteiger partial charge in [-0.1, -0.05) is 48.0 Å². The number of hydrogen-bond acceptors (Lipinski definition) is 3. The van der Waals surface area contributed by atoms with E-state index in [-0.39, 0.29) is 17.7 Å². The van der Waals surface area contributed by atoms with Crippen molar-refractivity contribution >= 4 is 23.6 Å². The number of nitrogens with zero attached hydrogens (tertiary/aromatic N) is 2. The average molecular weight is 409 g/mol. The molecule has 0 N–H and O–H groups in total. The predicted molar refractivity (Wildman–Crippen MR) is 117 cm³/mol. The summed E-state index contributed by atoms with van der Waals surface area (Å²) >= 11 is 1.61. The lowest BCUT2D eigenvalue weighted by atomic mass is 10.1. The standard InChI is InChI=1S/C24H28N2O2S/c1-17-8-9-18(2)22(14-17)29-16-23(27)25-10-12-26(13-11-25)24(28)21-15-20(21)19-6-4-3-5-7-19/h3-9,14,20-21H,10-13,15-16H2,1-2H3/t20-,21+/m0/s1. The fourth-order valence-electron chi connectivity index (χ4n) is 4.04. The van der Waals surface area contributed by atoms with Crippen LogP contribution in [-0.4, -0.2) is 53.5 Å². The Morgan fingerprint density at radius 1 is 0.966 bits per heavy atom. The molecular formula is C24H28N2O2S. The lowest BCUT2D eigenvalue weighted by Crippen LogP contribution is -2.51. The molecule has 2 amide bonds. The van der Waals surface area contributed by atoms with Crippen LogP contribution in [0.2, 0.25) is 0 Å². The number of carbonyl (C=O) groups excluding carboxylic acids is 2. The Hall–Kier alpha value is -2.27. The van der Waals surface area contributed by atoms with E-state index in [0.717, 1.165) is 6.42 Å². The van der Waals surface area contributed by atoms with Gasteiger partial charge >= 0.3 is 0 Å². The Morgan fingerprint density at radius 3 is 2.38 bits per heavy atom. The summed E-state index contributed by atoms with van der Waals surface area (Å²) in [7, 11) is 0. The first kappa shape index (κ1) is 20.0. The maximum Gasteiger partial charge on any atom is 0.233 e. The number of thioether (sulfide) groups is 1. The monoisotopic (exact) mass is 408 g/mol. The van der Waals surface area contributed by atoms with Crippen molar-refractivity contribution in [2.24, 2.45) is 5.92 Å². The van der Waals surface area contributed by atoms with E-state index < -0.39 is 0 Å². The predicted octanol–water partition coefficient (Wildman–Crippen LogP) is 3.87. The molecule has 0 aromatic heterocycles. The van der Waals surface area contributed by atoms with Crippen LogP contribution >= 0.6 is 11.8 Å².